The standard InChI is InChI=1S/C14H14N4OS/c1-2-19-10-5-3-4-9(8-10)12-16-13(18-15)11-6-7-20-14(11)17-12/h3-8H,2,15H2,1H3,(H,16,17,18). The first kappa shape index (κ1) is 12.8. The topological polar surface area (TPSA) is 73.1 Å². The van der Waals surface area contributed by atoms with E-state index in [-0.39, 0.29) is 0 Å². The number of nitrogens with zero attached hydrogens (tertiary/aromatic N) is 2. The molecule has 1 aromatic carbocycles. The van der Waals surface area contributed by atoms with Gasteiger partial charge in [0.25, 0.3) is 0 Å². The minimum Gasteiger partial charge on any atom is -0.494 e. The Bertz CT molecular complexity index is 741. The van der Waals surface area contributed by atoms with Gasteiger partial charge in [-0.15, -0.1) is 11.3 Å². The fourth-order valence-electron chi connectivity index (χ4n) is 1.99. The van der Waals surface area contributed by atoms with E-state index in [0.29, 0.717) is 18.2 Å². The maximum Gasteiger partial charge on any atom is 0.163 e. The normalized spacial score (nSPS) is 10.7. The number of nitrogens with two attached hydrogens (primary N) is 1. The molecular weight excluding hydrogens is 272 g/mol. The van der Waals surface area contributed by atoms with Gasteiger partial charge in [0.2, 0.25) is 0 Å². The van der Waals surface area contributed by atoms with Crippen LogP contribution in [0.5, 0.6) is 5.75 Å². The average Bonchev–Trinajstić information content (AvgIpc) is 2.95. The minimum absolute atomic E-state index is 0.629. The third kappa shape index (κ3) is 2.31. The number of ether oxygens (including phenoxy) is 1. The van der Waals surface area contributed by atoms with Crippen LogP contribution in [0.1, 0.15) is 6.92 Å². The Hall–Kier alpha value is -2.18. The lowest BCUT2D eigenvalue weighted by atomic mass is 10.2. The second-order valence-corrected chi connectivity index (χ2v) is 5.03. The van der Waals surface area contributed by atoms with E-state index in [2.05, 4.69) is 15.4 Å². The molecule has 0 saturated heterocycles. The Kier molecular flexibility index (Phi) is 3.49. The summed E-state index contributed by atoms with van der Waals surface area (Å²) in [5, 5.41) is 2.91. The first-order chi connectivity index (χ1) is 9.81. The third-order valence-corrected chi connectivity index (χ3v) is 3.67. The molecule has 102 valence electrons. The number of hydrogen-bond acceptors (Lipinski definition) is 6. The number of benzene rings is 1. The Morgan fingerprint density at radius 1 is 1.30 bits per heavy atom. The van der Waals surface area contributed by atoms with Crippen molar-refractivity contribution in [1.82, 2.24) is 9.97 Å². The van der Waals surface area contributed by atoms with Crippen molar-refractivity contribution >= 4 is 27.4 Å². The zero-order valence-electron chi connectivity index (χ0n) is 11.0. The van der Waals surface area contributed by atoms with Crippen LogP contribution in [-0.4, -0.2) is 16.6 Å². The highest BCUT2D eigenvalue weighted by Gasteiger charge is 2.10. The zero-order chi connectivity index (χ0) is 13.9. The number of fused-ring (bicyclic) bond motifs is 1. The van der Waals surface area contributed by atoms with Gasteiger partial charge in [-0.3, -0.25) is 0 Å². The number of hydrazine groups is 1. The van der Waals surface area contributed by atoms with E-state index >= 15 is 0 Å². The Balaban J connectivity index is 2.11. The minimum atomic E-state index is 0.629. The van der Waals surface area contributed by atoms with Gasteiger partial charge in [0.15, 0.2) is 11.6 Å². The number of hydrogen-bond donors (Lipinski definition) is 2. The first-order valence-corrected chi connectivity index (χ1v) is 7.15. The van der Waals surface area contributed by atoms with Crippen molar-refractivity contribution in [2.45, 2.75) is 6.92 Å². The van der Waals surface area contributed by atoms with E-state index in [1.807, 2.05) is 42.6 Å². The lowest BCUT2D eigenvalue weighted by Gasteiger charge is -2.07. The summed E-state index contributed by atoms with van der Waals surface area (Å²) in [7, 11) is 0. The average molecular weight is 286 g/mol. The number of nitrogens with one attached hydrogen (secondary N) is 1. The molecule has 0 unspecified atom stereocenters. The molecule has 3 N–H and O–H groups in total. The molecule has 6 heteroatoms. The molecule has 0 bridgehead atoms. The van der Waals surface area contributed by atoms with Gasteiger partial charge in [-0.05, 0) is 30.5 Å². The SMILES string of the molecule is CCOc1cccc(-c2nc(NN)c3ccsc3n2)c1. The molecule has 0 fully saturated rings. The zero-order valence-corrected chi connectivity index (χ0v) is 11.8. The summed E-state index contributed by atoms with van der Waals surface area (Å²) in [5.74, 6) is 7.61. The number of rotatable bonds is 4. The van der Waals surface area contributed by atoms with Crippen LogP contribution in [0, 0.1) is 0 Å². The van der Waals surface area contributed by atoms with Gasteiger partial charge in [-0.2, -0.15) is 0 Å². The van der Waals surface area contributed by atoms with Crippen molar-refractivity contribution in [2.75, 3.05) is 12.0 Å². The number of nitrogen functional groups attached to an aromatic ring is 1. The van der Waals surface area contributed by atoms with Gasteiger partial charge in [-0.25, -0.2) is 15.8 Å². The monoisotopic (exact) mass is 286 g/mol. The molecule has 0 atom stereocenters. The van der Waals surface area contributed by atoms with Gasteiger partial charge in [0, 0.05) is 5.56 Å². The van der Waals surface area contributed by atoms with Crippen LogP contribution in [0.4, 0.5) is 5.82 Å². The highest BCUT2D eigenvalue weighted by molar-refractivity contribution is 7.16. The summed E-state index contributed by atoms with van der Waals surface area (Å²) in [4.78, 5) is 9.95. The fourth-order valence-corrected chi connectivity index (χ4v) is 2.75. The molecule has 20 heavy (non-hydrogen) atoms. The smallest absolute Gasteiger partial charge is 0.163 e. The summed E-state index contributed by atoms with van der Waals surface area (Å²) < 4.78 is 5.50. The maximum atomic E-state index is 5.54. The summed E-state index contributed by atoms with van der Waals surface area (Å²) >= 11 is 1.56. The predicted octanol–water partition coefficient (Wildman–Crippen LogP) is 3.04. The van der Waals surface area contributed by atoms with Crippen LogP contribution in [0.2, 0.25) is 0 Å². The van der Waals surface area contributed by atoms with E-state index < -0.39 is 0 Å². The number of aromatic nitrogens is 2. The molecule has 0 radical (unpaired) electrons. The van der Waals surface area contributed by atoms with Crippen molar-refractivity contribution in [2.24, 2.45) is 5.84 Å². The second-order valence-electron chi connectivity index (χ2n) is 4.14. The van der Waals surface area contributed by atoms with E-state index in [1.54, 1.807) is 11.3 Å². The highest BCUT2D eigenvalue weighted by Crippen LogP contribution is 2.29. The van der Waals surface area contributed by atoms with Crippen LogP contribution < -0.4 is 16.0 Å². The molecule has 0 aliphatic heterocycles. The van der Waals surface area contributed by atoms with Gasteiger partial charge in [0.1, 0.15) is 10.6 Å². The van der Waals surface area contributed by atoms with Gasteiger partial charge >= 0.3 is 0 Å². The maximum absolute atomic E-state index is 5.54. The third-order valence-electron chi connectivity index (χ3n) is 2.87. The molecule has 0 aliphatic rings. The molecule has 3 aromatic rings. The first-order valence-electron chi connectivity index (χ1n) is 6.27. The fraction of sp³-hybridized carbons (Fsp3) is 0.143. The molecule has 0 aliphatic carbocycles. The van der Waals surface area contributed by atoms with Crippen molar-refractivity contribution in [1.29, 1.82) is 0 Å². The molecule has 0 amide bonds. The molecule has 2 aromatic heterocycles. The van der Waals surface area contributed by atoms with E-state index in [4.69, 9.17) is 10.6 Å². The van der Waals surface area contributed by atoms with Gasteiger partial charge < -0.3 is 10.2 Å². The Labute approximate surface area is 120 Å². The van der Waals surface area contributed by atoms with Crippen LogP contribution in [0.15, 0.2) is 35.7 Å². The lowest BCUT2D eigenvalue weighted by Crippen LogP contribution is -2.09. The largest absolute Gasteiger partial charge is 0.494 e. The molecule has 5 nitrogen and oxygen atoms in total. The number of anilines is 1. The number of thiophene rings is 1. The van der Waals surface area contributed by atoms with Crippen LogP contribution in [0.25, 0.3) is 21.6 Å². The van der Waals surface area contributed by atoms with Gasteiger partial charge in [-0.1, -0.05) is 12.1 Å². The molecule has 2 heterocycles. The molecule has 3 rings (SSSR count). The van der Waals surface area contributed by atoms with Crippen molar-refractivity contribution in [3.05, 3.63) is 35.7 Å². The Morgan fingerprint density at radius 2 is 2.20 bits per heavy atom. The molecule has 0 saturated carbocycles. The van der Waals surface area contributed by atoms with E-state index in [1.165, 1.54) is 0 Å². The Morgan fingerprint density at radius 3 is 3.00 bits per heavy atom. The van der Waals surface area contributed by atoms with Crippen LogP contribution in [0.3, 0.4) is 0 Å². The van der Waals surface area contributed by atoms with Crippen LogP contribution in [-0.2, 0) is 0 Å². The van der Waals surface area contributed by atoms with Gasteiger partial charge in [0.05, 0.1) is 12.0 Å². The second kappa shape index (κ2) is 5.44. The summed E-state index contributed by atoms with van der Waals surface area (Å²) in [6.45, 7) is 2.58. The van der Waals surface area contributed by atoms with Crippen molar-refractivity contribution < 1.29 is 4.74 Å². The predicted molar refractivity (Wildman–Crippen MR) is 81.8 cm³/mol. The van der Waals surface area contributed by atoms with Crippen molar-refractivity contribution in [3.8, 4) is 17.1 Å². The molecule has 0 spiro atoms. The lowest BCUT2D eigenvalue weighted by molar-refractivity contribution is 0.340. The summed E-state index contributed by atoms with van der Waals surface area (Å²) in [5.41, 5.74) is 3.54. The summed E-state index contributed by atoms with van der Waals surface area (Å²) in [6.07, 6.45) is 0. The summed E-state index contributed by atoms with van der Waals surface area (Å²) in [6, 6.07) is 9.68. The van der Waals surface area contributed by atoms with E-state index in [0.717, 1.165) is 21.5 Å². The van der Waals surface area contributed by atoms with Crippen LogP contribution >= 0.6 is 11.3 Å². The quantitative estimate of drug-likeness (QED) is 0.569. The van der Waals surface area contributed by atoms with E-state index in [9.17, 15) is 0 Å². The molecular formula is C14H14N4OS. The highest BCUT2D eigenvalue weighted by atomic mass is 32.1. The van der Waals surface area contributed by atoms with Crippen molar-refractivity contribution in [3.63, 3.8) is 0 Å².